The van der Waals surface area contributed by atoms with Gasteiger partial charge < -0.3 is 10.6 Å². The summed E-state index contributed by atoms with van der Waals surface area (Å²) in [6.07, 6.45) is -4.32. The van der Waals surface area contributed by atoms with Crippen LogP contribution in [0.2, 0.25) is 0 Å². The molecule has 1 heterocycles. The molecule has 0 radical (unpaired) electrons. The highest BCUT2D eigenvalue weighted by atomic mass is 19.4. The zero-order valence-corrected chi connectivity index (χ0v) is 8.88. The highest BCUT2D eigenvalue weighted by Crippen LogP contribution is 2.35. The van der Waals surface area contributed by atoms with Crippen LogP contribution in [-0.4, -0.2) is 13.1 Å². The number of nitrogens with zero attached hydrogens (tertiary/aromatic N) is 1. The molecule has 16 heavy (non-hydrogen) atoms. The molecular weight excluding hydrogens is 217 g/mol. The number of nitrogens with two attached hydrogens (primary N) is 1. The molecule has 0 spiro atoms. The van der Waals surface area contributed by atoms with Gasteiger partial charge in [-0.2, -0.15) is 13.2 Å². The van der Waals surface area contributed by atoms with E-state index in [0.29, 0.717) is 11.6 Å². The van der Waals surface area contributed by atoms with Crippen LogP contribution >= 0.6 is 0 Å². The van der Waals surface area contributed by atoms with Gasteiger partial charge in [-0.1, -0.05) is 6.92 Å². The Hall–Kier alpha value is -1.39. The van der Waals surface area contributed by atoms with E-state index in [1.807, 2.05) is 4.90 Å². The summed E-state index contributed by atoms with van der Waals surface area (Å²) >= 11 is 0. The maximum absolute atomic E-state index is 12.4. The fourth-order valence-corrected chi connectivity index (χ4v) is 1.91. The molecule has 0 aliphatic carbocycles. The third-order valence-corrected chi connectivity index (χ3v) is 2.76. The van der Waals surface area contributed by atoms with Gasteiger partial charge in [-0.05, 0) is 24.1 Å². The third-order valence-electron chi connectivity index (χ3n) is 2.76. The summed E-state index contributed by atoms with van der Waals surface area (Å²) in [6.45, 7) is 3.81. The number of alkyl halides is 3. The molecule has 1 aromatic rings. The molecule has 5 heteroatoms. The van der Waals surface area contributed by atoms with Crippen molar-refractivity contribution in [2.75, 3.05) is 23.7 Å². The predicted molar refractivity (Wildman–Crippen MR) is 57.2 cm³/mol. The Bertz CT molecular complexity index is 395. The van der Waals surface area contributed by atoms with Crippen LogP contribution in [0.5, 0.6) is 0 Å². The van der Waals surface area contributed by atoms with Crippen LogP contribution in [0.25, 0.3) is 0 Å². The number of anilines is 2. The fraction of sp³-hybridized carbons (Fsp3) is 0.455. The van der Waals surface area contributed by atoms with Crippen molar-refractivity contribution in [2.45, 2.75) is 13.1 Å². The summed E-state index contributed by atoms with van der Waals surface area (Å²) in [7, 11) is 0. The van der Waals surface area contributed by atoms with Gasteiger partial charge in [0.05, 0.1) is 16.9 Å². The number of hydrogen-bond acceptors (Lipinski definition) is 2. The molecule has 1 aliphatic heterocycles. The fourth-order valence-electron chi connectivity index (χ4n) is 1.91. The molecular formula is C11H13F3N2. The van der Waals surface area contributed by atoms with Crippen molar-refractivity contribution < 1.29 is 13.2 Å². The largest absolute Gasteiger partial charge is 0.416 e. The Balaban J connectivity index is 2.24. The Kier molecular flexibility index (Phi) is 2.48. The van der Waals surface area contributed by atoms with Gasteiger partial charge in [0.1, 0.15) is 0 Å². The third kappa shape index (κ3) is 1.94. The maximum Gasteiger partial charge on any atom is 0.416 e. The number of nitrogen functional groups attached to an aromatic ring is 1. The van der Waals surface area contributed by atoms with Gasteiger partial charge in [0.15, 0.2) is 0 Å². The van der Waals surface area contributed by atoms with Gasteiger partial charge in [-0.15, -0.1) is 0 Å². The molecule has 1 aromatic carbocycles. The lowest BCUT2D eigenvalue weighted by Crippen LogP contribution is -2.45. The maximum atomic E-state index is 12.4. The van der Waals surface area contributed by atoms with Crippen molar-refractivity contribution in [3.63, 3.8) is 0 Å². The van der Waals surface area contributed by atoms with E-state index in [2.05, 4.69) is 6.92 Å². The van der Waals surface area contributed by atoms with Gasteiger partial charge in [0.2, 0.25) is 0 Å². The van der Waals surface area contributed by atoms with E-state index in [-0.39, 0.29) is 5.69 Å². The van der Waals surface area contributed by atoms with E-state index in [9.17, 15) is 13.2 Å². The number of benzene rings is 1. The molecule has 1 saturated heterocycles. The summed E-state index contributed by atoms with van der Waals surface area (Å²) in [6, 6.07) is 3.52. The number of rotatable bonds is 1. The van der Waals surface area contributed by atoms with E-state index in [0.717, 1.165) is 25.2 Å². The van der Waals surface area contributed by atoms with E-state index in [4.69, 9.17) is 5.73 Å². The summed E-state index contributed by atoms with van der Waals surface area (Å²) in [4.78, 5) is 1.99. The summed E-state index contributed by atoms with van der Waals surface area (Å²) in [5.41, 5.74) is 5.84. The number of halogens is 3. The second kappa shape index (κ2) is 3.57. The average molecular weight is 230 g/mol. The topological polar surface area (TPSA) is 29.3 Å². The van der Waals surface area contributed by atoms with Gasteiger partial charge in [-0.25, -0.2) is 0 Å². The molecule has 0 amide bonds. The monoisotopic (exact) mass is 230 g/mol. The highest BCUT2D eigenvalue weighted by Gasteiger charge is 2.32. The van der Waals surface area contributed by atoms with Crippen LogP contribution in [-0.2, 0) is 6.18 Å². The molecule has 0 aromatic heterocycles. The van der Waals surface area contributed by atoms with Gasteiger partial charge in [0, 0.05) is 13.1 Å². The average Bonchev–Trinajstić information content (AvgIpc) is 2.12. The molecule has 2 nitrogen and oxygen atoms in total. The lowest BCUT2D eigenvalue weighted by Gasteiger charge is -2.39. The van der Waals surface area contributed by atoms with Crippen LogP contribution in [0, 0.1) is 5.92 Å². The van der Waals surface area contributed by atoms with Gasteiger partial charge >= 0.3 is 6.18 Å². The van der Waals surface area contributed by atoms with E-state index in [1.54, 1.807) is 0 Å². The Morgan fingerprint density at radius 2 is 1.94 bits per heavy atom. The molecule has 0 saturated carbocycles. The standard InChI is InChI=1S/C11H13F3N2/c1-7-5-16(6-7)10-3-2-8(4-9(10)15)11(12,13)14/h2-4,7H,5-6,15H2,1H3. The van der Waals surface area contributed by atoms with Crippen LogP contribution in [0.4, 0.5) is 24.5 Å². The molecule has 0 bridgehead atoms. The minimum atomic E-state index is -4.32. The normalized spacial score (nSPS) is 17.4. The minimum absolute atomic E-state index is 0.196. The highest BCUT2D eigenvalue weighted by molar-refractivity contribution is 5.69. The molecule has 0 unspecified atom stereocenters. The zero-order chi connectivity index (χ0) is 11.9. The van der Waals surface area contributed by atoms with Crippen LogP contribution < -0.4 is 10.6 Å². The first-order valence-corrected chi connectivity index (χ1v) is 5.09. The second-order valence-corrected chi connectivity index (χ2v) is 4.28. The van der Waals surface area contributed by atoms with Crippen molar-refractivity contribution >= 4 is 11.4 Å². The zero-order valence-electron chi connectivity index (χ0n) is 8.88. The van der Waals surface area contributed by atoms with Gasteiger partial charge in [0.25, 0.3) is 0 Å². The second-order valence-electron chi connectivity index (χ2n) is 4.28. The summed E-state index contributed by atoms with van der Waals surface area (Å²) in [5, 5.41) is 0. The van der Waals surface area contributed by atoms with Crippen molar-refractivity contribution in [1.29, 1.82) is 0 Å². The molecule has 2 N–H and O–H groups in total. The Morgan fingerprint density at radius 3 is 2.38 bits per heavy atom. The lowest BCUT2D eigenvalue weighted by molar-refractivity contribution is -0.137. The molecule has 1 fully saturated rings. The Morgan fingerprint density at radius 1 is 1.31 bits per heavy atom. The lowest BCUT2D eigenvalue weighted by atomic mass is 10.0. The quantitative estimate of drug-likeness (QED) is 0.751. The minimum Gasteiger partial charge on any atom is -0.397 e. The first-order valence-electron chi connectivity index (χ1n) is 5.09. The van der Waals surface area contributed by atoms with Crippen LogP contribution in [0.1, 0.15) is 12.5 Å². The number of hydrogen-bond donors (Lipinski definition) is 1. The van der Waals surface area contributed by atoms with Crippen molar-refractivity contribution in [3.05, 3.63) is 23.8 Å². The van der Waals surface area contributed by atoms with E-state index >= 15 is 0 Å². The molecule has 0 atom stereocenters. The predicted octanol–water partition coefficient (Wildman–Crippen LogP) is 2.74. The smallest absolute Gasteiger partial charge is 0.397 e. The van der Waals surface area contributed by atoms with Crippen molar-refractivity contribution in [3.8, 4) is 0 Å². The summed E-state index contributed by atoms with van der Waals surface area (Å²) < 4.78 is 37.2. The van der Waals surface area contributed by atoms with Crippen LogP contribution in [0.3, 0.4) is 0 Å². The van der Waals surface area contributed by atoms with E-state index < -0.39 is 11.7 Å². The molecule has 88 valence electrons. The first kappa shape index (κ1) is 11.1. The van der Waals surface area contributed by atoms with Crippen molar-refractivity contribution in [1.82, 2.24) is 0 Å². The van der Waals surface area contributed by atoms with Gasteiger partial charge in [-0.3, -0.25) is 0 Å². The SMILES string of the molecule is CC1CN(c2ccc(C(F)(F)F)cc2N)C1. The van der Waals surface area contributed by atoms with Crippen molar-refractivity contribution in [2.24, 2.45) is 5.92 Å². The summed E-state index contributed by atoms with van der Waals surface area (Å²) in [5.74, 6) is 0.585. The first-order chi connectivity index (χ1) is 7.38. The molecule has 2 rings (SSSR count). The van der Waals surface area contributed by atoms with Crippen LogP contribution in [0.15, 0.2) is 18.2 Å². The Labute approximate surface area is 91.8 Å². The van der Waals surface area contributed by atoms with E-state index in [1.165, 1.54) is 6.07 Å². The molecule has 1 aliphatic rings.